The minimum Gasteiger partial charge on any atom is -0.490 e. The van der Waals surface area contributed by atoms with E-state index in [2.05, 4.69) is 20.6 Å². The Kier molecular flexibility index (Phi) is 9.20. The van der Waals surface area contributed by atoms with Crippen LogP contribution in [0.4, 0.5) is 18.9 Å². The molecule has 2 aromatic rings. The molecule has 12 heteroatoms. The highest BCUT2D eigenvalue weighted by atomic mass is 19.4. The zero-order valence-corrected chi connectivity index (χ0v) is 20.7. The number of fused-ring (bicyclic) bond motifs is 1. The van der Waals surface area contributed by atoms with Gasteiger partial charge in [0.05, 0.1) is 29.7 Å². The Morgan fingerprint density at radius 3 is 2.61 bits per heavy atom. The van der Waals surface area contributed by atoms with Gasteiger partial charge in [0.25, 0.3) is 0 Å². The molecule has 2 atom stereocenters. The van der Waals surface area contributed by atoms with Crippen LogP contribution in [-0.4, -0.2) is 69.2 Å². The number of nitrogens with two attached hydrogens (primary N) is 1. The number of aromatic nitrogens is 2. The molecule has 6 N–H and O–H groups in total. The van der Waals surface area contributed by atoms with Gasteiger partial charge in [-0.3, -0.25) is 0 Å². The number of aliphatic hydroxyl groups excluding tert-OH is 2. The van der Waals surface area contributed by atoms with Crippen molar-refractivity contribution in [3.05, 3.63) is 30.2 Å². The van der Waals surface area contributed by atoms with Gasteiger partial charge in [-0.1, -0.05) is 0 Å². The second kappa shape index (κ2) is 11.9. The summed E-state index contributed by atoms with van der Waals surface area (Å²) in [6.45, 7) is 3.39. The van der Waals surface area contributed by atoms with Crippen molar-refractivity contribution in [2.45, 2.75) is 70.1 Å². The number of hydrogen-bond acceptors (Lipinski definition) is 7. The molecular weight excluding hydrogens is 477 g/mol. The van der Waals surface area contributed by atoms with Crippen LogP contribution in [0, 0.1) is 0 Å². The fourth-order valence-electron chi connectivity index (χ4n) is 4.06. The lowest BCUT2D eigenvalue weighted by molar-refractivity contribution is -0.202. The lowest BCUT2D eigenvalue weighted by Crippen LogP contribution is -2.44. The molecule has 1 saturated carbocycles. The highest BCUT2D eigenvalue weighted by Gasteiger charge is 2.38. The number of nitrogens with zero attached hydrogens (tertiary/aromatic N) is 3. The third-order valence-electron chi connectivity index (χ3n) is 6.03. The van der Waals surface area contributed by atoms with Gasteiger partial charge in [0.2, 0.25) is 0 Å². The summed E-state index contributed by atoms with van der Waals surface area (Å²) in [4.78, 5) is 8.95. The minimum atomic E-state index is -4.62. The number of allylic oxidation sites excluding steroid dienone is 1. The summed E-state index contributed by atoms with van der Waals surface area (Å²) < 4.78 is 45.6. The van der Waals surface area contributed by atoms with Gasteiger partial charge < -0.3 is 35.9 Å². The van der Waals surface area contributed by atoms with E-state index in [4.69, 9.17) is 10.5 Å². The van der Waals surface area contributed by atoms with Crippen molar-refractivity contribution in [3.8, 4) is 5.75 Å². The molecule has 1 aromatic heterocycles. The number of rotatable bonds is 10. The van der Waals surface area contributed by atoms with Crippen molar-refractivity contribution in [2.75, 3.05) is 13.1 Å². The van der Waals surface area contributed by atoms with Crippen molar-refractivity contribution in [3.63, 3.8) is 0 Å². The van der Waals surface area contributed by atoms with Gasteiger partial charge in [-0.25, -0.2) is 9.98 Å². The maximum atomic E-state index is 12.5. The molecule has 0 bridgehead atoms. The topological polar surface area (TPSA) is 130 Å². The second-order valence-electron chi connectivity index (χ2n) is 9.32. The number of aliphatic imine (C=N–C) groups is 1. The number of ether oxygens (including phenoxy) is 1. The first-order chi connectivity index (χ1) is 16.9. The minimum absolute atomic E-state index is 0.0951. The van der Waals surface area contributed by atoms with E-state index in [-0.39, 0.29) is 18.0 Å². The van der Waals surface area contributed by atoms with Crippen molar-refractivity contribution in [2.24, 2.45) is 17.8 Å². The first-order valence-corrected chi connectivity index (χ1v) is 12.0. The molecule has 3 rings (SSSR count). The Labute approximate surface area is 208 Å². The maximum absolute atomic E-state index is 12.5. The van der Waals surface area contributed by atoms with E-state index in [1.807, 2.05) is 24.6 Å². The maximum Gasteiger partial charge on any atom is 0.415 e. The number of nitrogens with one attached hydrogen (secondary N) is 2. The first kappa shape index (κ1) is 27.8. The standard InChI is InChI=1S/C24H35F3N6O3/c1-14(29-11-15(2)34)8-22(28)32-19-9-18(10-20-23(19)31-13-33(20)3)36-17-6-4-16(5-7-17)30-12-21(35)24(25,26)27/h8-10,13,15-17,21,29-30,34-35H,4-7,11-12H2,1-3H3,(H2,28,32)/b14-8-/t15-,16?,17?,21+/m0/s1. The Morgan fingerprint density at radius 1 is 1.28 bits per heavy atom. The quantitative estimate of drug-likeness (QED) is 0.244. The predicted molar refractivity (Wildman–Crippen MR) is 132 cm³/mol. The molecule has 0 spiro atoms. The van der Waals surface area contributed by atoms with Gasteiger partial charge in [-0.2, -0.15) is 13.2 Å². The number of benzene rings is 1. The monoisotopic (exact) mass is 512 g/mol. The Hall–Kier alpha value is -2.83. The molecule has 1 aliphatic rings. The van der Waals surface area contributed by atoms with Gasteiger partial charge in [-0.15, -0.1) is 0 Å². The average molecular weight is 513 g/mol. The first-order valence-electron chi connectivity index (χ1n) is 12.0. The van der Waals surface area contributed by atoms with E-state index in [1.165, 1.54) is 0 Å². The summed E-state index contributed by atoms with van der Waals surface area (Å²) in [5.41, 5.74) is 8.94. The molecule has 0 radical (unpaired) electrons. The van der Waals surface area contributed by atoms with Crippen LogP contribution in [-0.2, 0) is 7.05 Å². The Bertz CT molecular complexity index is 1070. The molecule has 1 aromatic carbocycles. The number of alkyl halides is 3. The average Bonchev–Trinajstić information content (AvgIpc) is 3.17. The molecule has 0 aliphatic heterocycles. The van der Waals surface area contributed by atoms with Gasteiger partial charge >= 0.3 is 6.18 Å². The molecule has 0 amide bonds. The van der Waals surface area contributed by atoms with E-state index < -0.39 is 24.9 Å². The highest BCUT2D eigenvalue weighted by Crippen LogP contribution is 2.33. The van der Waals surface area contributed by atoms with E-state index in [1.54, 1.807) is 25.4 Å². The molecular formula is C24H35F3N6O3. The summed E-state index contributed by atoms with van der Waals surface area (Å²) in [6, 6.07) is 3.56. The van der Waals surface area contributed by atoms with Crippen LogP contribution < -0.4 is 21.1 Å². The van der Waals surface area contributed by atoms with Crippen LogP contribution in [0.5, 0.6) is 5.75 Å². The van der Waals surface area contributed by atoms with Crippen LogP contribution in [0.1, 0.15) is 39.5 Å². The number of halogens is 3. The predicted octanol–water partition coefficient (Wildman–Crippen LogP) is 2.64. The van der Waals surface area contributed by atoms with E-state index in [0.29, 0.717) is 49.2 Å². The number of aliphatic hydroxyl groups is 2. The number of imidazole rings is 1. The van der Waals surface area contributed by atoms with Crippen LogP contribution in [0.2, 0.25) is 0 Å². The van der Waals surface area contributed by atoms with E-state index >= 15 is 0 Å². The lowest BCUT2D eigenvalue weighted by Gasteiger charge is -2.30. The van der Waals surface area contributed by atoms with Gasteiger partial charge in [0.15, 0.2) is 6.10 Å². The van der Waals surface area contributed by atoms with Crippen LogP contribution in [0.3, 0.4) is 0 Å². The molecule has 0 saturated heterocycles. The summed E-state index contributed by atoms with van der Waals surface area (Å²) in [7, 11) is 1.87. The zero-order chi connectivity index (χ0) is 26.5. The fourth-order valence-corrected chi connectivity index (χ4v) is 4.06. The second-order valence-corrected chi connectivity index (χ2v) is 9.32. The van der Waals surface area contributed by atoms with Crippen LogP contribution in [0.25, 0.3) is 11.0 Å². The van der Waals surface area contributed by atoms with Crippen molar-refractivity contribution < 1.29 is 28.1 Å². The molecule has 1 fully saturated rings. The van der Waals surface area contributed by atoms with Crippen molar-refractivity contribution >= 4 is 22.6 Å². The zero-order valence-electron chi connectivity index (χ0n) is 20.7. The summed E-state index contributed by atoms with van der Waals surface area (Å²) >= 11 is 0. The normalized spacial score (nSPS) is 21.4. The third kappa shape index (κ3) is 7.84. The molecule has 0 unspecified atom stereocenters. The molecule has 1 heterocycles. The van der Waals surface area contributed by atoms with E-state index in [0.717, 1.165) is 11.2 Å². The smallest absolute Gasteiger partial charge is 0.415 e. The molecule has 200 valence electrons. The van der Waals surface area contributed by atoms with E-state index in [9.17, 15) is 23.4 Å². The van der Waals surface area contributed by atoms with Gasteiger partial charge in [0.1, 0.15) is 17.1 Å². The summed E-state index contributed by atoms with van der Waals surface area (Å²) in [5.74, 6) is 0.872. The summed E-state index contributed by atoms with van der Waals surface area (Å²) in [6.07, 6.45) is -1.60. The van der Waals surface area contributed by atoms with Gasteiger partial charge in [0, 0.05) is 44.0 Å². The SMILES string of the molecule is C/C(=C/C(N)=Nc1cc(OC2CCC(NC[C@@H](O)C(F)(F)F)CC2)cc2c1ncn2C)NC[C@H](C)O. The third-order valence-corrected chi connectivity index (χ3v) is 6.03. The van der Waals surface area contributed by atoms with Crippen LogP contribution in [0.15, 0.2) is 35.2 Å². The van der Waals surface area contributed by atoms with Gasteiger partial charge in [-0.05, 0) is 45.6 Å². The van der Waals surface area contributed by atoms with Crippen molar-refractivity contribution in [1.29, 1.82) is 0 Å². The number of hydrogen-bond donors (Lipinski definition) is 5. The largest absolute Gasteiger partial charge is 0.490 e. The Balaban J connectivity index is 1.67. The number of aryl methyl sites for hydroxylation is 1. The Morgan fingerprint density at radius 2 is 1.97 bits per heavy atom. The number of amidine groups is 1. The van der Waals surface area contributed by atoms with Crippen LogP contribution >= 0.6 is 0 Å². The lowest BCUT2D eigenvalue weighted by atomic mass is 9.93. The highest BCUT2D eigenvalue weighted by molar-refractivity contribution is 5.98. The molecule has 36 heavy (non-hydrogen) atoms. The molecule has 1 aliphatic carbocycles. The summed E-state index contributed by atoms with van der Waals surface area (Å²) in [5, 5.41) is 24.5. The molecule has 9 nitrogen and oxygen atoms in total. The fraction of sp³-hybridized carbons (Fsp3) is 0.583. The van der Waals surface area contributed by atoms with Crippen molar-refractivity contribution in [1.82, 2.24) is 20.2 Å².